The van der Waals surface area contributed by atoms with Crippen LogP contribution in [0.25, 0.3) is 11.1 Å². The lowest BCUT2D eigenvalue weighted by molar-refractivity contribution is -0.163. The quantitative estimate of drug-likeness (QED) is 0.439. The number of oxime groups is 1. The van der Waals surface area contributed by atoms with Crippen molar-refractivity contribution in [3.8, 4) is 11.1 Å². The normalized spacial score (nSPS) is 13.6. The first-order valence-electron chi connectivity index (χ1n) is 6.96. The largest absolute Gasteiger partial charge is 0.477 e. The fourth-order valence-corrected chi connectivity index (χ4v) is 2.78. The second-order valence-electron chi connectivity index (χ2n) is 5.44. The van der Waals surface area contributed by atoms with Gasteiger partial charge in [-0.15, -0.1) is 0 Å². The Kier molecular flexibility index (Phi) is 3.60. The summed E-state index contributed by atoms with van der Waals surface area (Å²) in [5.41, 5.74) is 4.01. The molecule has 6 heteroatoms. The lowest BCUT2D eigenvalue weighted by Crippen LogP contribution is -2.31. The van der Waals surface area contributed by atoms with Crippen LogP contribution in [0, 0.1) is 0 Å². The molecule has 0 aliphatic heterocycles. The fraction of sp³-hybridized carbons (Fsp3) is 0.176. The molecule has 0 spiro atoms. The summed E-state index contributed by atoms with van der Waals surface area (Å²) in [4.78, 5) is 10.6. The number of carboxylic acids is 1. The third-order valence-electron chi connectivity index (χ3n) is 3.95. The summed E-state index contributed by atoms with van der Waals surface area (Å²) in [5, 5.41) is 20.4. The van der Waals surface area contributed by atoms with E-state index in [-0.39, 0.29) is 11.3 Å². The van der Waals surface area contributed by atoms with E-state index in [4.69, 9.17) is 10.3 Å². The lowest BCUT2D eigenvalue weighted by Gasteiger charge is -2.13. The second kappa shape index (κ2) is 5.46. The highest BCUT2D eigenvalue weighted by atomic mass is 19.3. The zero-order valence-corrected chi connectivity index (χ0v) is 12.0. The lowest BCUT2D eigenvalue weighted by atomic mass is 9.98. The molecule has 0 heterocycles. The summed E-state index contributed by atoms with van der Waals surface area (Å²) in [6.07, 6.45) is -0.415. The van der Waals surface area contributed by atoms with E-state index in [2.05, 4.69) is 5.16 Å². The van der Waals surface area contributed by atoms with Crippen molar-refractivity contribution in [3.63, 3.8) is 0 Å². The van der Waals surface area contributed by atoms with Gasteiger partial charge in [0.25, 0.3) is 0 Å². The average Bonchev–Trinajstić information content (AvgIpc) is 2.90. The van der Waals surface area contributed by atoms with E-state index < -0.39 is 18.3 Å². The molecule has 0 atom stereocenters. The molecule has 2 aromatic carbocycles. The van der Waals surface area contributed by atoms with Crippen molar-refractivity contribution in [2.75, 3.05) is 0 Å². The summed E-state index contributed by atoms with van der Waals surface area (Å²) in [6.45, 7) is 0. The molecule has 0 amide bonds. The fourth-order valence-electron chi connectivity index (χ4n) is 2.78. The van der Waals surface area contributed by atoms with Crippen molar-refractivity contribution in [2.24, 2.45) is 5.16 Å². The van der Waals surface area contributed by atoms with Crippen LogP contribution in [0.5, 0.6) is 0 Å². The molecule has 118 valence electrons. The van der Waals surface area contributed by atoms with Crippen LogP contribution in [0.2, 0.25) is 0 Å². The Morgan fingerprint density at radius 2 is 1.83 bits per heavy atom. The van der Waals surface area contributed by atoms with Gasteiger partial charge in [0, 0.05) is 5.56 Å². The van der Waals surface area contributed by atoms with Crippen molar-refractivity contribution >= 4 is 11.7 Å². The summed E-state index contributed by atoms with van der Waals surface area (Å²) >= 11 is 0. The summed E-state index contributed by atoms with van der Waals surface area (Å²) in [7, 11) is 0. The molecule has 0 fully saturated rings. The Labute approximate surface area is 130 Å². The van der Waals surface area contributed by atoms with Gasteiger partial charge in [0.05, 0.1) is 12.1 Å². The van der Waals surface area contributed by atoms with Gasteiger partial charge in [-0.1, -0.05) is 41.6 Å². The van der Waals surface area contributed by atoms with Gasteiger partial charge in [0.1, 0.15) is 0 Å². The van der Waals surface area contributed by atoms with E-state index in [1.807, 2.05) is 24.3 Å². The molecule has 4 nitrogen and oxygen atoms in total. The van der Waals surface area contributed by atoms with Crippen molar-refractivity contribution in [1.29, 1.82) is 0 Å². The van der Waals surface area contributed by atoms with Crippen molar-refractivity contribution in [3.05, 3.63) is 59.2 Å². The molecule has 0 bridgehead atoms. The van der Waals surface area contributed by atoms with Crippen LogP contribution in [0.4, 0.5) is 8.78 Å². The van der Waals surface area contributed by atoms with Gasteiger partial charge >= 0.3 is 11.9 Å². The monoisotopic (exact) mass is 317 g/mol. The predicted molar refractivity (Wildman–Crippen MR) is 80.2 cm³/mol. The molecule has 2 aromatic rings. The first kappa shape index (κ1) is 15.1. The molecule has 0 saturated heterocycles. The minimum atomic E-state index is -3.99. The van der Waals surface area contributed by atoms with Gasteiger partial charge in [0.15, 0.2) is 0 Å². The molecular weight excluding hydrogens is 304 g/mol. The number of rotatable bonds is 4. The van der Waals surface area contributed by atoms with Crippen LogP contribution in [0.15, 0.2) is 47.6 Å². The van der Waals surface area contributed by atoms with Gasteiger partial charge in [0.2, 0.25) is 0 Å². The van der Waals surface area contributed by atoms with E-state index in [0.717, 1.165) is 28.7 Å². The number of alkyl halides is 2. The van der Waals surface area contributed by atoms with E-state index in [0.29, 0.717) is 0 Å². The Morgan fingerprint density at radius 3 is 2.52 bits per heavy atom. The van der Waals surface area contributed by atoms with Crippen molar-refractivity contribution < 1.29 is 23.9 Å². The molecule has 23 heavy (non-hydrogen) atoms. The maximum atomic E-state index is 13.4. The summed E-state index contributed by atoms with van der Waals surface area (Å²) < 4.78 is 26.8. The zero-order valence-electron chi connectivity index (χ0n) is 12.0. The van der Waals surface area contributed by atoms with Gasteiger partial charge in [-0.2, -0.15) is 8.78 Å². The van der Waals surface area contributed by atoms with Crippen molar-refractivity contribution in [1.82, 2.24) is 0 Å². The third kappa shape index (κ3) is 2.67. The number of hydrogen-bond donors (Lipinski definition) is 2. The van der Waals surface area contributed by atoms with E-state index >= 15 is 0 Å². The highest BCUT2D eigenvalue weighted by Gasteiger charge is 2.40. The molecule has 0 saturated carbocycles. The smallest absolute Gasteiger partial charge is 0.374 e. The second-order valence-corrected chi connectivity index (χ2v) is 5.44. The number of carboxylic acid groups (broad SMARTS) is 1. The number of aliphatic carboxylic acids is 1. The molecular formula is C17H13F2NO3. The van der Waals surface area contributed by atoms with Gasteiger partial charge in [-0.3, -0.25) is 0 Å². The highest BCUT2D eigenvalue weighted by molar-refractivity contribution is 6.04. The van der Waals surface area contributed by atoms with Gasteiger partial charge in [-0.05, 0) is 34.7 Å². The number of fused-ring (bicyclic) bond motifs is 3. The average molecular weight is 317 g/mol. The van der Waals surface area contributed by atoms with Gasteiger partial charge < -0.3 is 10.3 Å². The van der Waals surface area contributed by atoms with Crippen LogP contribution in [0.3, 0.4) is 0 Å². The Balaban J connectivity index is 1.98. The predicted octanol–water partition coefficient (Wildman–Crippen LogP) is 3.55. The van der Waals surface area contributed by atoms with E-state index in [1.54, 1.807) is 18.2 Å². The molecule has 1 aliphatic rings. The topological polar surface area (TPSA) is 69.9 Å². The number of hydrogen-bond acceptors (Lipinski definition) is 3. The van der Waals surface area contributed by atoms with Crippen LogP contribution < -0.4 is 0 Å². The van der Waals surface area contributed by atoms with E-state index in [9.17, 15) is 13.6 Å². The first-order chi connectivity index (χ1) is 10.9. The standard InChI is InChI=1S/C17H13F2NO3/c18-17(19,16(21)22)9-15(20-23)12-6-5-11-7-10-3-1-2-4-13(10)14(11)8-12/h1-6,8,23H,7,9H2,(H,21,22). The Bertz CT molecular complexity index is 815. The van der Waals surface area contributed by atoms with Crippen LogP contribution >= 0.6 is 0 Å². The van der Waals surface area contributed by atoms with Crippen LogP contribution in [0.1, 0.15) is 23.1 Å². The molecule has 0 aromatic heterocycles. The zero-order chi connectivity index (χ0) is 16.6. The van der Waals surface area contributed by atoms with Crippen LogP contribution in [-0.4, -0.2) is 27.9 Å². The molecule has 0 unspecified atom stereocenters. The first-order valence-corrected chi connectivity index (χ1v) is 6.96. The van der Waals surface area contributed by atoms with Gasteiger partial charge in [-0.25, -0.2) is 4.79 Å². The SMILES string of the molecule is O=C(O)C(F)(F)CC(=NO)c1ccc2c(c1)-c1ccccc1C2. The number of carbonyl (C=O) groups is 1. The van der Waals surface area contributed by atoms with E-state index in [1.165, 1.54) is 0 Å². The number of halogens is 2. The highest BCUT2D eigenvalue weighted by Crippen LogP contribution is 2.37. The third-order valence-corrected chi connectivity index (χ3v) is 3.95. The maximum Gasteiger partial charge on any atom is 0.374 e. The maximum absolute atomic E-state index is 13.4. The van der Waals surface area contributed by atoms with Crippen LogP contribution in [-0.2, 0) is 11.2 Å². The number of benzene rings is 2. The Hall–Kier alpha value is -2.76. The molecule has 2 N–H and O–H groups in total. The minimum Gasteiger partial charge on any atom is -0.477 e. The van der Waals surface area contributed by atoms with Crippen molar-refractivity contribution in [2.45, 2.75) is 18.8 Å². The number of nitrogens with zero attached hydrogens (tertiary/aromatic N) is 1. The molecule has 3 rings (SSSR count). The summed E-state index contributed by atoms with van der Waals surface area (Å²) in [6, 6.07) is 12.8. The Morgan fingerprint density at radius 1 is 1.13 bits per heavy atom. The molecule has 0 radical (unpaired) electrons. The summed E-state index contributed by atoms with van der Waals surface area (Å²) in [5.74, 6) is -6.23. The molecule has 1 aliphatic carbocycles. The minimum absolute atomic E-state index is 0.281.